The van der Waals surface area contributed by atoms with Gasteiger partial charge in [-0.25, -0.2) is 0 Å². The number of hydrogen-bond acceptors (Lipinski definition) is 4. The second-order valence-corrected chi connectivity index (χ2v) is 0.476. The lowest BCUT2D eigenvalue weighted by Crippen LogP contribution is -1.81. The zero-order valence-electron chi connectivity index (χ0n) is 6.25. The summed E-state index contributed by atoms with van der Waals surface area (Å²) in [6, 6.07) is 0. The second kappa shape index (κ2) is 36.6. The highest BCUT2D eigenvalue weighted by molar-refractivity contribution is 4.22. The molecule has 0 saturated heterocycles. The van der Waals surface area contributed by atoms with Crippen LogP contribution < -0.4 is 0 Å². The van der Waals surface area contributed by atoms with Crippen LogP contribution in [0.5, 0.6) is 0 Å². The molecular weight excluding hydrogens is 172 g/mol. The van der Waals surface area contributed by atoms with Gasteiger partial charge < -0.3 is 10.4 Å². The fraction of sp³-hybridized carbons (Fsp3) is 0. The van der Waals surface area contributed by atoms with E-state index in [1.54, 1.807) is 0 Å². The van der Waals surface area contributed by atoms with Gasteiger partial charge in [0.25, 0.3) is 10.2 Å². The first-order valence-electron chi connectivity index (χ1n) is 2.13. The van der Waals surface area contributed by atoms with Gasteiger partial charge in [-0.2, -0.15) is 0 Å². The van der Waals surface area contributed by atoms with Crippen molar-refractivity contribution in [3.8, 4) is 0 Å². The van der Waals surface area contributed by atoms with Crippen LogP contribution in [0.1, 0.15) is 0 Å². The van der Waals surface area contributed by atoms with Gasteiger partial charge in [0.2, 0.25) is 0 Å². The third-order valence-corrected chi connectivity index (χ3v) is 0. The molecular formula is C4H10N2O6. The molecule has 0 aromatic heterocycles. The van der Waals surface area contributed by atoms with Crippen molar-refractivity contribution in [1.29, 1.82) is 0 Å². The molecule has 0 spiro atoms. The van der Waals surface area contributed by atoms with E-state index in [0.29, 0.717) is 0 Å². The maximum Gasteiger partial charge on any atom is 0.291 e. The average Bonchev–Trinajstić information content (AvgIpc) is 1.93. The molecule has 0 fully saturated rings. The lowest BCUT2D eigenvalue weighted by atomic mass is 11.3. The van der Waals surface area contributed by atoms with Gasteiger partial charge in [0, 0.05) is 0 Å². The maximum absolute atomic E-state index is 8.36. The molecule has 0 aliphatic heterocycles. The summed E-state index contributed by atoms with van der Waals surface area (Å²) in [6.45, 7) is 12.0. The molecule has 2 N–H and O–H groups in total. The Kier molecular flexibility index (Phi) is 68.8. The summed E-state index contributed by atoms with van der Waals surface area (Å²) >= 11 is 0. The average molecular weight is 182 g/mol. The third-order valence-electron chi connectivity index (χ3n) is 0. The van der Waals surface area contributed by atoms with Gasteiger partial charge >= 0.3 is 0 Å². The van der Waals surface area contributed by atoms with E-state index in [-0.39, 0.29) is 0 Å². The smallest absolute Gasteiger partial charge is 0.291 e. The molecule has 0 atom stereocenters. The minimum absolute atomic E-state index is 1.50. The summed E-state index contributed by atoms with van der Waals surface area (Å²) < 4.78 is 0. The van der Waals surface area contributed by atoms with E-state index in [1.165, 1.54) is 0 Å². The van der Waals surface area contributed by atoms with Crippen molar-refractivity contribution in [2.45, 2.75) is 0 Å². The standard InChI is InChI=1S/2C2H4.2HNO3/c2*1-2;2*2-1(3)4/h2*1-2H2;2*(H,2,3,4). The Hall–Kier alpha value is -2.12. The lowest BCUT2D eigenvalue weighted by Gasteiger charge is -1.56. The topological polar surface area (TPSA) is 127 Å². The van der Waals surface area contributed by atoms with E-state index >= 15 is 0 Å². The largest absolute Gasteiger partial charge is 0.328 e. The normalized spacial score (nSPS) is 4.67. The van der Waals surface area contributed by atoms with Crippen LogP contribution >= 0.6 is 0 Å². The van der Waals surface area contributed by atoms with Crippen LogP contribution in [0.2, 0.25) is 0 Å². The summed E-state index contributed by atoms with van der Waals surface area (Å²) in [5.74, 6) is 0. The van der Waals surface area contributed by atoms with E-state index in [0.717, 1.165) is 0 Å². The summed E-state index contributed by atoms with van der Waals surface area (Å²) in [5.41, 5.74) is 0. The van der Waals surface area contributed by atoms with E-state index in [4.69, 9.17) is 30.6 Å². The number of nitrogens with zero attached hydrogens (tertiary/aromatic N) is 2. The molecule has 0 aliphatic rings. The van der Waals surface area contributed by atoms with Crippen molar-refractivity contribution in [1.82, 2.24) is 0 Å². The predicted octanol–water partition coefficient (Wildman–Crippen LogP) is 0.909. The van der Waals surface area contributed by atoms with Crippen molar-refractivity contribution in [2.75, 3.05) is 0 Å². The zero-order chi connectivity index (χ0) is 11.2. The third kappa shape index (κ3) is 83.0. The highest BCUT2D eigenvalue weighted by Crippen LogP contribution is 1.38. The molecule has 0 aromatic carbocycles. The highest BCUT2D eigenvalue weighted by Gasteiger charge is 1.65. The fourth-order valence-corrected chi connectivity index (χ4v) is 0. The summed E-state index contributed by atoms with van der Waals surface area (Å²) in [4.78, 5) is 16.7. The van der Waals surface area contributed by atoms with Crippen molar-refractivity contribution in [3.05, 3.63) is 46.5 Å². The minimum Gasteiger partial charge on any atom is -0.328 e. The van der Waals surface area contributed by atoms with Gasteiger partial charge in [0.15, 0.2) is 0 Å². The van der Waals surface area contributed by atoms with Crippen LogP contribution in [0.3, 0.4) is 0 Å². The lowest BCUT2D eigenvalue weighted by molar-refractivity contribution is -0.742. The Morgan fingerprint density at radius 1 is 0.833 bits per heavy atom. The van der Waals surface area contributed by atoms with Crippen molar-refractivity contribution in [2.24, 2.45) is 0 Å². The van der Waals surface area contributed by atoms with Crippen LogP contribution in [-0.2, 0) is 0 Å². The Balaban J connectivity index is -0.0000000380. The Labute approximate surface area is 68.3 Å². The zero-order valence-corrected chi connectivity index (χ0v) is 6.25. The van der Waals surface area contributed by atoms with E-state index in [1.807, 2.05) is 0 Å². The number of rotatable bonds is 0. The summed E-state index contributed by atoms with van der Waals surface area (Å²) in [6.07, 6.45) is 0. The quantitative estimate of drug-likeness (QED) is 0.325. The van der Waals surface area contributed by atoms with Crippen LogP contribution in [0.15, 0.2) is 26.3 Å². The van der Waals surface area contributed by atoms with Crippen LogP contribution in [-0.4, -0.2) is 20.6 Å². The SMILES string of the molecule is C=C.C=C.O=[N+]([O-])O.O=[N+]([O-])O. The fourth-order valence-electron chi connectivity index (χ4n) is 0. The molecule has 0 bridgehead atoms. The maximum atomic E-state index is 8.36. The highest BCUT2D eigenvalue weighted by atomic mass is 16.9. The molecule has 0 aromatic rings. The van der Waals surface area contributed by atoms with E-state index in [2.05, 4.69) is 26.3 Å². The molecule has 12 heavy (non-hydrogen) atoms. The van der Waals surface area contributed by atoms with Crippen LogP contribution in [0.4, 0.5) is 0 Å². The molecule has 0 saturated carbocycles. The van der Waals surface area contributed by atoms with Gasteiger partial charge in [-0.15, -0.1) is 46.5 Å². The Bertz CT molecular complexity index is 94.1. The molecule has 0 aliphatic carbocycles. The molecule has 0 unspecified atom stereocenters. The molecule has 0 rings (SSSR count). The second-order valence-electron chi connectivity index (χ2n) is 0.476. The van der Waals surface area contributed by atoms with Gasteiger partial charge in [0.05, 0.1) is 0 Å². The first kappa shape index (κ1) is 22.5. The summed E-state index contributed by atoms with van der Waals surface area (Å²) in [7, 11) is 0. The molecule has 0 radical (unpaired) electrons. The first-order valence-corrected chi connectivity index (χ1v) is 2.13. The van der Waals surface area contributed by atoms with E-state index in [9.17, 15) is 0 Å². The van der Waals surface area contributed by atoms with E-state index < -0.39 is 10.2 Å². The van der Waals surface area contributed by atoms with Crippen molar-refractivity contribution >= 4 is 0 Å². The van der Waals surface area contributed by atoms with Gasteiger partial charge in [-0.1, -0.05) is 0 Å². The molecule has 0 amide bonds. The Morgan fingerprint density at radius 3 is 0.833 bits per heavy atom. The molecule has 72 valence electrons. The predicted molar refractivity (Wildman–Crippen MR) is 40.1 cm³/mol. The minimum atomic E-state index is -1.50. The number of hydrogen-bond donors (Lipinski definition) is 2. The van der Waals surface area contributed by atoms with Gasteiger partial charge in [0.1, 0.15) is 0 Å². The molecule has 8 nitrogen and oxygen atoms in total. The van der Waals surface area contributed by atoms with Crippen molar-refractivity contribution < 1.29 is 20.6 Å². The van der Waals surface area contributed by atoms with Gasteiger partial charge in [-0.05, 0) is 0 Å². The van der Waals surface area contributed by atoms with Crippen LogP contribution in [0, 0.1) is 20.2 Å². The van der Waals surface area contributed by atoms with Crippen LogP contribution in [0.25, 0.3) is 0 Å². The monoisotopic (exact) mass is 182 g/mol. The first-order chi connectivity index (χ1) is 5.46. The molecule has 8 heteroatoms. The Morgan fingerprint density at radius 2 is 0.833 bits per heavy atom. The summed E-state index contributed by atoms with van der Waals surface area (Å²) in [5, 5.41) is 27.3. The molecule has 0 heterocycles. The van der Waals surface area contributed by atoms with Crippen molar-refractivity contribution in [3.63, 3.8) is 0 Å². The van der Waals surface area contributed by atoms with Gasteiger partial charge in [-0.3, -0.25) is 0 Å².